The lowest BCUT2D eigenvalue weighted by Gasteiger charge is -2.28. The Morgan fingerprint density at radius 1 is 1.37 bits per heavy atom. The van der Waals surface area contributed by atoms with Gasteiger partial charge in [-0.1, -0.05) is 0 Å². The lowest BCUT2D eigenvalue weighted by Crippen LogP contribution is -2.38. The molecule has 0 saturated carbocycles. The van der Waals surface area contributed by atoms with Gasteiger partial charge in [0.1, 0.15) is 0 Å². The van der Waals surface area contributed by atoms with Crippen LogP contribution in [0.3, 0.4) is 0 Å². The molecule has 0 spiro atoms. The number of rotatable bonds is 3. The molecule has 4 nitrogen and oxygen atoms in total. The topological polar surface area (TPSA) is 45.2 Å². The highest BCUT2D eigenvalue weighted by molar-refractivity contribution is 7.85. The third-order valence-corrected chi connectivity index (χ3v) is 4.42. The zero-order valence-electron chi connectivity index (χ0n) is 12.0. The first kappa shape index (κ1) is 14.5. The molecular weight excluding hydrogens is 258 g/mol. The van der Waals surface area contributed by atoms with Crippen molar-refractivity contribution in [1.82, 2.24) is 10.3 Å². The molecule has 1 aliphatic heterocycles. The second-order valence-corrected chi connectivity index (χ2v) is 7.64. The number of nitrogens with one attached hydrogen (secondary N) is 1. The zero-order chi connectivity index (χ0) is 13.9. The fourth-order valence-corrected chi connectivity index (χ4v) is 3.06. The summed E-state index contributed by atoms with van der Waals surface area (Å²) in [6.07, 6.45) is 1.86. The first-order valence-corrected chi connectivity index (χ1v) is 8.23. The number of aromatic nitrogens is 1. The highest BCUT2D eigenvalue weighted by atomic mass is 32.2. The number of nitrogens with zero attached hydrogens (tertiary/aromatic N) is 2. The van der Waals surface area contributed by atoms with E-state index in [1.54, 1.807) is 0 Å². The zero-order valence-corrected chi connectivity index (χ0v) is 12.8. The van der Waals surface area contributed by atoms with E-state index in [1.807, 2.05) is 12.3 Å². The molecular formula is C14H23N3OS. The molecule has 19 heavy (non-hydrogen) atoms. The van der Waals surface area contributed by atoms with E-state index < -0.39 is 10.8 Å². The van der Waals surface area contributed by atoms with Crippen molar-refractivity contribution in [3.63, 3.8) is 0 Å². The number of anilines is 1. The van der Waals surface area contributed by atoms with Gasteiger partial charge in [0, 0.05) is 59.4 Å². The summed E-state index contributed by atoms with van der Waals surface area (Å²) in [6.45, 7) is 8.98. The van der Waals surface area contributed by atoms with Gasteiger partial charge in [-0.25, -0.2) is 0 Å². The first-order valence-electron chi connectivity index (χ1n) is 6.74. The van der Waals surface area contributed by atoms with E-state index in [2.05, 4.69) is 42.0 Å². The minimum atomic E-state index is -0.625. The van der Waals surface area contributed by atoms with Crippen molar-refractivity contribution < 1.29 is 4.21 Å². The smallest absolute Gasteiger partial charge is 0.0562 e. The van der Waals surface area contributed by atoms with Gasteiger partial charge < -0.3 is 10.2 Å². The summed E-state index contributed by atoms with van der Waals surface area (Å²) >= 11 is 0. The van der Waals surface area contributed by atoms with Gasteiger partial charge in [0.2, 0.25) is 0 Å². The molecule has 0 aromatic carbocycles. The molecule has 2 heterocycles. The third kappa shape index (κ3) is 4.58. The Kier molecular flexibility index (Phi) is 4.58. The van der Waals surface area contributed by atoms with Crippen molar-refractivity contribution in [2.24, 2.45) is 0 Å². The Morgan fingerprint density at radius 2 is 2.05 bits per heavy atom. The lowest BCUT2D eigenvalue weighted by molar-refractivity contribution is 0.421. The average molecular weight is 281 g/mol. The molecule has 0 atom stereocenters. The number of hydrogen-bond donors (Lipinski definition) is 1. The van der Waals surface area contributed by atoms with E-state index >= 15 is 0 Å². The maximum atomic E-state index is 11.4. The van der Waals surface area contributed by atoms with Crippen LogP contribution in [-0.4, -0.2) is 39.3 Å². The van der Waals surface area contributed by atoms with Crippen LogP contribution in [-0.2, 0) is 17.3 Å². The minimum Gasteiger partial charge on any atom is -0.370 e. The molecule has 0 aliphatic carbocycles. The number of hydrogen-bond acceptors (Lipinski definition) is 4. The normalized spacial score (nSPS) is 17.7. The standard InChI is InChI=1S/C14H23N3OS/c1-14(2,3)16-11-12-10-13(4-5-15-12)17-6-8-19(18)9-7-17/h4-5,10,16H,6-9,11H2,1-3H3. The molecule has 1 saturated heterocycles. The quantitative estimate of drug-likeness (QED) is 0.913. The maximum absolute atomic E-state index is 11.4. The second-order valence-electron chi connectivity index (χ2n) is 5.94. The highest BCUT2D eigenvalue weighted by Gasteiger charge is 2.16. The highest BCUT2D eigenvalue weighted by Crippen LogP contribution is 2.17. The Hall–Kier alpha value is -0.940. The SMILES string of the molecule is CC(C)(C)NCc1cc(N2CCS(=O)CC2)ccn1. The van der Waals surface area contributed by atoms with Crippen LogP contribution in [0.2, 0.25) is 0 Å². The van der Waals surface area contributed by atoms with Crippen molar-refractivity contribution >= 4 is 16.5 Å². The summed E-state index contributed by atoms with van der Waals surface area (Å²) in [5.74, 6) is 1.55. The molecule has 0 bridgehead atoms. The van der Waals surface area contributed by atoms with Crippen LogP contribution in [0.1, 0.15) is 26.5 Å². The van der Waals surface area contributed by atoms with Gasteiger partial charge >= 0.3 is 0 Å². The van der Waals surface area contributed by atoms with E-state index in [4.69, 9.17) is 0 Å². The maximum Gasteiger partial charge on any atom is 0.0562 e. The van der Waals surface area contributed by atoms with E-state index in [1.165, 1.54) is 5.69 Å². The minimum absolute atomic E-state index is 0.0969. The first-order chi connectivity index (χ1) is 8.94. The molecule has 2 rings (SSSR count). The van der Waals surface area contributed by atoms with Crippen molar-refractivity contribution in [2.75, 3.05) is 29.5 Å². The molecule has 1 aromatic rings. The van der Waals surface area contributed by atoms with Crippen LogP contribution in [0, 0.1) is 0 Å². The van der Waals surface area contributed by atoms with Gasteiger partial charge in [0.05, 0.1) is 5.69 Å². The van der Waals surface area contributed by atoms with Gasteiger partial charge in [-0.05, 0) is 32.9 Å². The number of pyridine rings is 1. The molecule has 1 fully saturated rings. The molecule has 5 heteroatoms. The Bertz CT molecular complexity index is 446. The molecule has 0 amide bonds. The van der Waals surface area contributed by atoms with Crippen LogP contribution in [0.5, 0.6) is 0 Å². The van der Waals surface area contributed by atoms with Crippen LogP contribution >= 0.6 is 0 Å². The van der Waals surface area contributed by atoms with Gasteiger partial charge in [-0.15, -0.1) is 0 Å². The van der Waals surface area contributed by atoms with Crippen molar-refractivity contribution in [3.05, 3.63) is 24.0 Å². The van der Waals surface area contributed by atoms with Crippen LogP contribution < -0.4 is 10.2 Å². The van der Waals surface area contributed by atoms with E-state index in [9.17, 15) is 4.21 Å². The average Bonchev–Trinajstić information content (AvgIpc) is 2.37. The molecule has 1 N–H and O–H groups in total. The van der Waals surface area contributed by atoms with Crippen molar-refractivity contribution in [2.45, 2.75) is 32.9 Å². The fourth-order valence-electron chi connectivity index (χ4n) is 2.01. The Morgan fingerprint density at radius 3 is 2.68 bits per heavy atom. The summed E-state index contributed by atoms with van der Waals surface area (Å²) in [7, 11) is -0.625. The van der Waals surface area contributed by atoms with Gasteiger partial charge in [-0.2, -0.15) is 0 Å². The van der Waals surface area contributed by atoms with Crippen LogP contribution in [0.25, 0.3) is 0 Å². The van der Waals surface area contributed by atoms with Crippen LogP contribution in [0.4, 0.5) is 5.69 Å². The van der Waals surface area contributed by atoms with E-state index in [-0.39, 0.29) is 5.54 Å². The van der Waals surface area contributed by atoms with Crippen LogP contribution in [0.15, 0.2) is 18.3 Å². The predicted molar refractivity (Wildman–Crippen MR) is 80.9 cm³/mol. The summed E-state index contributed by atoms with van der Waals surface area (Å²) in [5.41, 5.74) is 2.34. The van der Waals surface area contributed by atoms with Crippen molar-refractivity contribution in [1.29, 1.82) is 0 Å². The van der Waals surface area contributed by atoms with Gasteiger partial charge in [0.25, 0.3) is 0 Å². The Balaban J connectivity index is 2.00. The van der Waals surface area contributed by atoms with E-state index in [0.717, 1.165) is 36.8 Å². The third-order valence-electron chi connectivity index (χ3n) is 3.14. The van der Waals surface area contributed by atoms with E-state index in [0.29, 0.717) is 0 Å². The summed E-state index contributed by atoms with van der Waals surface area (Å²) in [4.78, 5) is 6.70. The Labute approximate surface area is 118 Å². The summed E-state index contributed by atoms with van der Waals surface area (Å²) < 4.78 is 11.4. The summed E-state index contributed by atoms with van der Waals surface area (Å²) in [5, 5.41) is 3.45. The predicted octanol–water partition coefficient (Wildman–Crippen LogP) is 1.54. The summed E-state index contributed by atoms with van der Waals surface area (Å²) in [6, 6.07) is 4.17. The molecule has 0 unspecified atom stereocenters. The fraction of sp³-hybridized carbons (Fsp3) is 0.643. The van der Waals surface area contributed by atoms with Gasteiger partial charge in [0.15, 0.2) is 0 Å². The second kappa shape index (κ2) is 6.01. The molecule has 1 aromatic heterocycles. The monoisotopic (exact) mass is 281 g/mol. The molecule has 106 valence electrons. The molecule has 0 radical (unpaired) electrons. The van der Waals surface area contributed by atoms with Gasteiger partial charge in [-0.3, -0.25) is 9.19 Å². The lowest BCUT2D eigenvalue weighted by atomic mass is 10.1. The molecule has 1 aliphatic rings. The van der Waals surface area contributed by atoms with Crippen molar-refractivity contribution in [3.8, 4) is 0 Å². The largest absolute Gasteiger partial charge is 0.370 e.